The average Bonchev–Trinajstić information content (AvgIpc) is 0.965. The third-order valence-corrected chi connectivity index (χ3v) is 21.6. The van der Waals surface area contributed by atoms with Gasteiger partial charge in [0.25, 0.3) is 0 Å². The molecule has 0 spiro atoms. The predicted molar refractivity (Wildman–Crippen MR) is 423 cm³/mol. The first kappa shape index (κ1) is 101. The van der Waals surface area contributed by atoms with Crippen molar-refractivity contribution in [1.29, 1.82) is 0 Å². The molecule has 0 aromatic heterocycles. The molecule has 0 aromatic carbocycles. The minimum Gasteiger partial charge on any atom is -0.462 e. The average molecular weight is 1510 g/mol. The Labute approximate surface area is 632 Å². The van der Waals surface area contributed by atoms with Gasteiger partial charge in [0.1, 0.15) is 19.3 Å². The summed E-state index contributed by atoms with van der Waals surface area (Å²) in [6, 6.07) is 0. The lowest BCUT2D eigenvalue weighted by Crippen LogP contribution is -2.30. The predicted octanol–water partition coefficient (Wildman–Crippen LogP) is 25.5. The number of hydrogen-bond acceptors (Lipinski definition) is 15. The molecule has 17 nitrogen and oxygen atoms in total. The molecule has 0 fully saturated rings. The molecular weight excluding hydrogens is 1340 g/mol. The fourth-order valence-electron chi connectivity index (χ4n) is 13.1. The number of hydrogen-bond donors (Lipinski definition) is 3. The quantitative estimate of drug-likeness (QED) is 0.0222. The summed E-state index contributed by atoms with van der Waals surface area (Å²) >= 11 is 0. The second-order valence-corrected chi connectivity index (χ2v) is 34.1. The lowest BCUT2D eigenvalue weighted by molar-refractivity contribution is -0.161. The normalized spacial score (nSPS) is 13.9. The third kappa shape index (κ3) is 78.0. The van der Waals surface area contributed by atoms with E-state index in [0.29, 0.717) is 31.6 Å². The summed E-state index contributed by atoms with van der Waals surface area (Å²) in [5.41, 5.74) is 0. The van der Waals surface area contributed by atoms with Crippen molar-refractivity contribution in [2.75, 3.05) is 39.6 Å². The largest absolute Gasteiger partial charge is 0.472 e. The van der Waals surface area contributed by atoms with Crippen molar-refractivity contribution < 1.29 is 80.2 Å². The van der Waals surface area contributed by atoms with Crippen molar-refractivity contribution in [3.63, 3.8) is 0 Å². The van der Waals surface area contributed by atoms with E-state index in [1.165, 1.54) is 257 Å². The molecule has 3 N–H and O–H groups in total. The highest BCUT2D eigenvalue weighted by Crippen LogP contribution is 2.45. The number of carbonyl (C=O) groups excluding carboxylic acids is 4. The van der Waals surface area contributed by atoms with Gasteiger partial charge in [-0.3, -0.25) is 37.3 Å². The fourth-order valence-corrected chi connectivity index (χ4v) is 14.6. The number of aliphatic hydroxyl groups excluding tert-OH is 1. The summed E-state index contributed by atoms with van der Waals surface area (Å²) < 4.78 is 68.8. The first-order valence-corrected chi connectivity index (χ1v) is 46.5. The maximum absolute atomic E-state index is 13.1. The molecular formula is C84H164O17P2. The number of carbonyl (C=O) groups is 4. The molecule has 0 radical (unpaired) electrons. The van der Waals surface area contributed by atoms with Crippen molar-refractivity contribution >= 4 is 39.5 Å². The molecule has 19 heteroatoms. The molecule has 0 aromatic rings. The summed E-state index contributed by atoms with van der Waals surface area (Å²) in [5, 5.41) is 10.7. The third-order valence-electron chi connectivity index (χ3n) is 19.7. The monoisotopic (exact) mass is 1510 g/mol. The van der Waals surface area contributed by atoms with E-state index in [1.54, 1.807) is 0 Å². The van der Waals surface area contributed by atoms with Gasteiger partial charge in [-0.15, -0.1) is 0 Å². The molecule has 0 bridgehead atoms. The summed E-state index contributed by atoms with van der Waals surface area (Å²) in [6.07, 6.45) is 66.8. The lowest BCUT2D eigenvalue weighted by Gasteiger charge is -2.21. The van der Waals surface area contributed by atoms with Gasteiger partial charge in [-0.25, -0.2) is 9.13 Å². The van der Waals surface area contributed by atoms with E-state index in [9.17, 15) is 43.2 Å². The van der Waals surface area contributed by atoms with Gasteiger partial charge in [0.05, 0.1) is 26.4 Å². The summed E-state index contributed by atoms with van der Waals surface area (Å²) in [4.78, 5) is 73.1. The summed E-state index contributed by atoms with van der Waals surface area (Å²) in [6.45, 7) is 9.61. The minimum atomic E-state index is -4.96. The molecule has 0 aliphatic heterocycles. The number of phosphoric acid groups is 2. The Bertz CT molecular complexity index is 1980. The molecule has 0 saturated carbocycles. The van der Waals surface area contributed by atoms with E-state index >= 15 is 0 Å². The Balaban J connectivity index is 5.22. The highest BCUT2D eigenvalue weighted by atomic mass is 31.2. The Morgan fingerprint density at radius 2 is 0.447 bits per heavy atom. The molecule has 0 saturated heterocycles. The molecule has 5 atom stereocenters. The second kappa shape index (κ2) is 75.5. The van der Waals surface area contributed by atoms with E-state index in [4.69, 9.17) is 37.0 Å². The zero-order chi connectivity index (χ0) is 75.6. The number of ether oxygens (including phenoxy) is 4. The van der Waals surface area contributed by atoms with Gasteiger partial charge in [-0.2, -0.15) is 0 Å². The molecule has 103 heavy (non-hydrogen) atoms. The van der Waals surface area contributed by atoms with Gasteiger partial charge < -0.3 is 33.8 Å². The van der Waals surface area contributed by atoms with Gasteiger partial charge in [-0.05, 0) is 37.5 Å². The summed E-state index contributed by atoms with van der Waals surface area (Å²) in [5.74, 6) is -0.625. The van der Waals surface area contributed by atoms with E-state index in [0.717, 1.165) is 102 Å². The van der Waals surface area contributed by atoms with Crippen LogP contribution in [0, 0.1) is 11.8 Å². The topological polar surface area (TPSA) is 237 Å². The number of aliphatic hydroxyl groups is 1. The van der Waals surface area contributed by atoms with Crippen LogP contribution in [0.15, 0.2) is 0 Å². The zero-order valence-electron chi connectivity index (χ0n) is 67.6. The fraction of sp³-hybridized carbons (Fsp3) is 0.952. The van der Waals surface area contributed by atoms with Gasteiger partial charge in [0.2, 0.25) is 0 Å². The van der Waals surface area contributed by atoms with Crippen molar-refractivity contribution in [1.82, 2.24) is 0 Å². The molecule has 2 unspecified atom stereocenters. The van der Waals surface area contributed by atoms with E-state index in [-0.39, 0.29) is 25.7 Å². The number of esters is 4. The summed E-state index contributed by atoms with van der Waals surface area (Å²) in [7, 11) is -9.92. The van der Waals surface area contributed by atoms with E-state index in [2.05, 4.69) is 41.5 Å². The first-order valence-electron chi connectivity index (χ1n) is 43.5. The van der Waals surface area contributed by atoms with Crippen molar-refractivity contribution in [2.45, 2.75) is 464 Å². The SMILES string of the molecule is CCCCCCCCCCCCCCCCCCCCCCCC(=O)O[C@H](COC(=O)CCCCCCCCCCCCCCCCCCC)COP(=O)(O)OC[C@@H](O)COP(=O)(O)OC[C@@H](COC(=O)CCCCCCCCCC(C)C)OC(=O)CCCCCCCCCCCCCCC(C)C. The van der Waals surface area contributed by atoms with Crippen LogP contribution in [0.4, 0.5) is 0 Å². The maximum Gasteiger partial charge on any atom is 0.472 e. The Morgan fingerprint density at radius 1 is 0.262 bits per heavy atom. The Morgan fingerprint density at radius 3 is 0.660 bits per heavy atom. The number of rotatable bonds is 83. The van der Waals surface area contributed by atoms with Crippen LogP contribution in [0.2, 0.25) is 0 Å². The smallest absolute Gasteiger partial charge is 0.462 e. The lowest BCUT2D eigenvalue weighted by atomic mass is 10.0. The molecule has 0 rings (SSSR count). The molecule has 0 heterocycles. The minimum absolute atomic E-state index is 0.106. The highest BCUT2D eigenvalue weighted by molar-refractivity contribution is 7.47. The van der Waals surface area contributed by atoms with Crippen LogP contribution in [0.3, 0.4) is 0 Å². The van der Waals surface area contributed by atoms with Crippen molar-refractivity contribution in [3.05, 3.63) is 0 Å². The van der Waals surface area contributed by atoms with Crippen molar-refractivity contribution in [2.24, 2.45) is 11.8 Å². The second-order valence-electron chi connectivity index (χ2n) is 31.2. The van der Waals surface area contributed by atoms with Crippen LogP contribution in [0.25, 0.3) is 0 Å². The van der Waals surface area contributed by atoms with Gasteiger partial charge in [0, 0.05) is 25.7 Å². The van der Waals surface area contributed by atoms with Gasteiger partial charge in [0.15, 0.2) is 12.2 Å². The number of unbranched alkanes of at least 4 members (excludes halogenated alkanes) is 53. The van der Waals surface area contributed by atoms with Gasteiger partial charge in [-0.1, -0.05) is 395 Å². The van der Waals surface area contributed by atoms with Crippen LogP contribution in [-0.2, 0) is 65.4 Å². The molecule has 0 aliphatic carbocycles. The first-order chi connectivity index (χ1) is 49.9. The number of phosphoric ester groups is 2. The van der Waals surface area contributed by atoms with Crippen molar-refractivity contribution in [3.8, 4) is 0 Å². The Hall–Kier alpha value is -1.94. The highest BCUT2D eigenvalue weighted by Gasteiger charge is 2.30. The molecule has 0 amide bonds. The van der Waals surface area contributed by atoms with E-state index < -0.39 is 97.5 Å². The van der Waals surface area contributed by atoms with Crippen LogP contribution < -0.4 is 0 Å². The zero-order valence-corrected chi connectivity index (χ0v) is 69.4. The van der Waals surface area contributed by atoms with Crippen LogP contribution >= 0.6 is 15.6 Å². The molecule has 612 valence electrons. The Kier molecular flexibility index (Phi) is 74.1. The van der Waals surface area contributed by atoms with Crippen LogP contribution in [0.1, 0.15) is 446 Å². The molecule has 0 aliphatic rings. The van der Waals surface area contributed by atoms with E-state index in [1.807, 2.05) is 0 Å². The van der Waals surface area contributed by atoms with Crippen LogP contribution in [0.5, 0.6) is 0 Å². The van der Waals surface area contributed by atoms with Crippen LogP contribution in [-0.4, -0.2) is 96.7 Å². The standard InChI is InChI=1S/C84H164O17P2/c1-7-9-11-13-15-17-19-21-23-25-26-27-28-30-32-34-39-43-49-56-62-68-83(88)100-79(72-94-81(86)66-60-54-48-42-38-33-31-29-24-22-20-18-16-14-12-10-8-2)74-98-102(90,91)96-70-78(85)71-97-103(92,93)99-75-80(73-95-82(87)67-61-55-51-45-47-53-59-65-77(5)6)101-84(89)69-63-57-50-44-40-36-35-37-41-46-52-58-64-76(3)4/h76-80,85H,7-75H2,1-6H3,(H,90,91)(H,92,93)/t78-,79-,80-/m1/s1. The van der Waals surface area contributed by atoms with Gasteiger partial charge >= 0.3 is 39.5 Å². The maximum atomic E-state index is 13.1.